The molecular weight excluding hydrogens is 504 g/mol. The minimum atomic E-state index is -0.281. The first-order valence-corrected chi connectivity index (χ1v) is 13.8. The van der Waals surface area contributed by atoms with Gasteiger partial charge in [-0.1, -0.05) is 68.3 Å². The van der Waals surface area contributed by atoms with Gasteiger partial charge in [-0.25, -0.2) is 4.68 Å². The molecule has 1 aliphatic heterocycles. The van der Waals surface area contributed by atoms with Crippen molar-refractivity contribution < 1.29 is 4.79 Å². The molecule has 1 N–H and O–H groups in total. The lowest BCUT2D eigenvalue weighted by molar-refractivity contribution is 0.0913. The Balaban J connectivity index is 1.86. The fourth-order valence-electron chi connectivity index (χ4n) is 5.92. The van der Waals surface area contributed by atoms with Crippen molar-refractivity contribution in [3.63, 3.8) is 0 Å². The number of nitrogens with one attached hydrogen (secondary N) is 1. The highest BCUT2D eigenvalue weighted by molar-refractivity contribution is 6.30. The van der Waals surface area contributed by atoms with E-state index < -0.39 is 0 Å². The van der Waals surface area contributed by atoms with Crippen LogP contribution in [-0.4, -0.2) is 15.7 Å². The van der Waals surface area contributed by atoms with Crippen molar-refractivity contribution in [3.8, 4) is 11.8 Å². The highest BCUT2D eigenvalue weighted by atomic mass is 35.5. The third kappa shape index (κ3) is 4.64. The van der Waals surface area contributed by atoms with Crippen LogP contribution < -0.4 is 5.32 Å². The quantitative estimate of drug-likeness (QED) is 0.285. The molecule has 0 fully saturated rings. The van der Waals surface area contributed by atoms with E-state index in [0.717, 1.165) is 56.7 Å². The summed E-state index contributed by atoms with van der Waals surface area (Å²) >= 11 is 6.39. The lowest BCUT2D eigenvalue weighted by atomic mass is 9.75. The number of fused-ring (bicyclic) bond motifs is 1. The predicted molar refractivity (Wildman–Crippen MR) is 156 cm³/mol. The van der Waals surface area contributed by atoms with E-state index in [1.54, 1.807) is 0 Å². The summed E-state index contributed by atoms with van der Waals surface area (Å²) in [6.07, 6.45) is 0.778. The second kappa shape index (κ2) is 10.4. The maximum absolute atomic E-state index is 13.8. The molecule has 3 aromatic carbocycles. The van der Waals surface area contributed by atoms with E-state index in [1.165, 1.54) is 0 Å². The average Bonchev–Trinajstić information content (AvgIpc) is 3.31. The van der Waals surface area contributed by atoms with Crippen molar-refractivity contribution in [2.75, 3.05) is 0 Å². The second-order valence-electron chi connectivity index (χ2n) is 10.8. The van der Waals surface area contributed by atoms with Gasteiger partial charge >= 0.3 is 0 Å². The van der Waals surface area contributed by atoms with Crippen LogP contribution in [0.4, 0.5) is 0 Å². The summed E-state index contributed by atoms with van der Waals surface area (Å²) in [5, 5.41) is 18.6. The van der Waals surface area contributed by atoms with Gasteiger partial charge in [0.2, 0.25) is 0 Å². The van der Waals surface area contributed by atoms with Crippen LogP contribution in [0.2, 0.25) is 5.02 Å². The van der Waals surface area contributed by atoms with Crippen molar-refractivity contribution in [2.24, 2.45) is 0 Å². The minimum absolute atomic E-state index is 0.0666. The molecule has 1 aliphatic rings. The minimum Gasteiger partial charge on any atom is -0.343 e. The van der Waals surface area contributed by atoms with Gasteiger partial charge in [-0.2, -0.15) is 10.4 Å². The number of carbonyl (C=O) groups excluding carboxylic acids is 1. The Hall–Kier alpha value is -3.88. The summed E-state index contributed by atoms with van der Waals surface area (Å²) in [5.74, 6) is -0.295. The smallest absolute Gasteiger partial charge is 0.272 e. The number of nitriles is 1. The molecule has 6 heteroatoms. The molecule has 4 aromatic rings. The molecule has 2 heterocycles. The van der Waals surface area contributed by atoms with E-state index in [2.05, 4.69) is 77.2 Å². The molecule has 0 spiro atoms. The van der Waals surface area contributed by atoms with Crippen molar-refractivity contribution in [1.29, 1.82) is 5.26 Å². The molecular formula is C33H33ClN4O. The number of nitrogens with zero attached hydrogens (tertiary/aromatic N) is 3. The van der Waals surface area contributed by atoms with Crippen molar-refractivity contribution >= 4 is 17.5 Å². The number of carbonyl (C=O) groups is 1. The number of benzene rings is 3. The molecule has 0 saturated carbocycles. The van der Waals surface area contributed by atoms with Gasteiger partial charge in [0.05, 0.1) is 29.1 Å². The molecule has 1 aromatic heterocycles. The van der Waals surface area contributed by atoms with Crippen molar-refractivity contribution in [2.45, 2.75) is 65.8 Å². The number of hydrogen-bond donors (Lipinski definition) is 1. The Bertz CT molecular complexity index is 1640. The molecule has 2 atom stereocenters. The average molecular weight is 537 g/mol. The van der Waals surface area contributed by atoms with Crippen molar-refractivity contribution in [1.82, 2.24) is 15.1 Å². The molecule has 198 valence electrons. The summed E-state index contributed by atoms with van der Waals surface area (Å²) < 4.78 is 1.91. The molecule has 0 saturated heterocycles. The van der Waals surface area contributed by atoms with Gasteiger partial charge in [0, 0.05) is 16.5 Å². The zero-order valence-corrected chi connectivity index (χ0v) is 24.0. The highest BCUT2D eigenvalue weighted by Crippen LogP contribution is 2.47. The number of halogens is 1. The maximum atomic E-state index is 13.8. The van der Waals surface area contributed by atoms with Gasteiger partial charge in [-0.3, -0.25) is 4.79 Å². The summed E-state index contributed by atoms with van der Waals surface area (Å²) in [4.78, 5) is 13.8. The third-order valence-corrected chi connectivity index (χ3v) is 8.05. The summed E-state index contributed by atoms with van der Waals surface area (Å²) in [6.45, 7) is 12.6. The Morgan fingerprint density at radius 1 is 1.03 bits per heavy atom. The zero-order chi connectivity index (χ0) is 28.0. The first kappa shape index (κ1) is 26.7. The van der Waals surface area contributed by atoms with Gasteiger partial charge < -0.3 is 5.32 Å². The fraction of sp³-hybridized carbons (Fsp3) is 0.303. The van der Waals surface area contributed by atoms with Crippen LogP contribution in [0.15, 0.2) is 54.6 Å². The molecule has 39 heavy (non-hydrogen) atoms. The van der Waals surface area contributed by atoms with Gasteiger partial charge in [-0.15, -0.1) is 0 Å². The van der Waals surface area contributed by atoms with E-state index >= 15 is 0 Å². The first-order valence-electron chi connectivity index (χ1n) is 13.4. The Kier molecular flexibility index (Phi) is 7.09. The molecule has 0 radical (unpaired) electrons. The summed E-state index contributed by atoms with van der Waals surface area (Å²) in [5.41, 5.74) is 10.4. The zero-order valence-electron chi connectivity index (χ0n) is 23.3. The predicted octanol–water partition coefficient (Wildman–Crippen LogP) is 7.63. The lowest BCUT2D eigenvalue weighted by Crippen LogP contribution is -2.39. The van der Waals surface area contributed by atoms with Crippen LogP contribution in [-0.2, 0) is 6.42 Å². The van der Waals surface area contributed by atoms with Crippen molar-refractivity contribution in [3.05, 3.63) is 116 Å². The van der Waals surface area contributed by atoms with E-state index in [4.69, 9.17) is 16.7 Å². The van der Waals surface area contributed by atoms with E-state index in [-0.39, 0.29) is 23.8 Å². The highest BCUT2D eigenvalue weighted by Gasteiger charge is 2.42. The molecule has 1 amide bonds. The maximum Gasteiger partial charge on any atom is 0.272 e. The van der Waals surface area contributed by atoms with Crippen LogP contribution in [0, 0.1) is 32.1 Å². The molecule has 0 bridgehead atoms. The van der Waals surface area contributed by atoms with Gasteiger partial charge in [-0.05, 0) is 85.2 Å². The summed E-state index contributed by atoms with van der Waals surface area (Å²) in [7, 11) is 0. The van der Waals surface area contributed by atoms with Gasteiger partial charge in [0.25, 0.3) is 5.91 Å². The largest absolute Gasteiger partial charge is 0.343 e. The monoisotopic (exact) mass is 536 g/mol. The van der Waals surface area contributed by atoms with Crippen LogP contribution in [0.5, 0.6) is 0 Å². The van der Waals surface area contributed by atoms with Crippen LogP contribution in [0.3, 0.4) is 0 Å². The Morgan fingerprint density at radius 2 is 1.79 bits per heavy atom. The second-order valence-corrected chi connectivity index (χ2v) is 11.2. The number of rotatable bonds is 5. The first-order chi connectivity index (χ1) is 18.6. The fourth-order valence-corrected chi connectivity index (χ4v) is 6.15. The molecule has 5 rings (SSSR count). The number of aryl methyl sites for hydroxylation is 4. The van der Waals surface area contributed by atoms with Crippen LogP contribution >= 0.6 is 11.6 Å². The number of hydrogen-bond acceptors (Lipinski definition) is 3. The standard InChI is InChI=1S/C33H33ClN4O/c1-7-23-11-10-22(17-35)16-27(23)38-32(18(2)3)29-28(25-13-12-24(34)15-21(25)6)30(36-33(39)31(29)37-38)26-14-19(4)8-9-20(26)5/h8-16,18,28,30H,7H2,1-6H3,(H,36,39). The van der Waals surface area contributed by atoms with E-state index in [9.17, 15) is 10.1 Å². The molecule has 2 unspecified atom stereocenters. The number of amides is 1. The summed E-state index contributed by atoms with van der Waals surface area (Å²) in [6, 6.07) is 20.1. The SMILES string of the molecule is CCc1ccc(C#N)cc1-n1nc2c(c1C(C)C)C(c1ccc(Cl)cc1C)C(c1cc(C)ccc1C)NC2=O. The van der Waals surface area contributed by atoms with Crippen LogP contribution in [0.1, 0.15) is 99.3 Å². The third-order valence-electron chi connectivity index (χ3n) is 7.81. The van der Waals surface area contributed by atoms with E-state index in [1.807, 2.05) is 35.0 Å². The van der Waals surface area contributed by atoms with Crippen LogP contribution in [0.25, 0.3) is 5.69 Å². The Labute approximate surface area is 235 Å². The van der Waals surface area contributed by atoms with Gasteiger partial charge in [0.15, 0.2) is 5.69 Å². The normalized spacial score (nSPS) is 16.6. The molecule has 0 aliphatic carbocycles. The molecule has 5 nitrogen and oxygen atoms in total. The topological polar surface area (TPSA) is 70.7 Å². The van der Waals surface area contributed by atoms with Gasteiger partial charge in [0.1, 0.15) is 0 Å². The number of aromatic nitrogens is 2. The Morgan fingerprint density at radius 3 is 2.46 bits per heavy atom. The van der Waals surface area contributed by atoms with E-state index in [0.29, 0.717) is 16.3 Å². The lowest BCUT2D eigenvalue weighted by Gasteiger charge is -2.35.